The van der Waals surface area contributed by atoms with Gasteiger partial charge >= 0.3 is 11.8 Å². The van der Waals surface area contributed by atoms with E-state index in [0.717, 1.165) is 0 Å². The van der Waals surface area contributed by atoms with Crippen LogP contribution in [0.1, 0.15) is 24.2 Å². The van der Waals surface area contributed by atoms with Gasteiger partial charge in [0.15, 0.2) is 0 Å². The van der Waals surface area contributed by atoms with Crippen LogP contribution in [0, 0.1) is 5.92 Å². The molecule has 0 spiro atoms. The summed E-state index contributed by atoms with van der Waals surface area (Å²) in [6.45, 7) is 4.20. The molecule has 0 aromatic heterocycles. The molecule has 3 amide bonds. The lowest BCUT2D eigenvalue weighted by Crippen LogP contribution is -2.49. The van der Waals surface area contributed by atoms with Crippen LogP contribution in [0.15, 0.2) is 24.3 Å². The van der Waals surface area contributed by atoms with Gasteiger partial charge in [0.25, 0.3) is 5.91 Å². The lowest BCUT2D eigenvalue weighted by Gasteiger charge is -2.09. The number of carbonyl (C=O) groups excluding carboxylic acids is 3. The number of rotatable bonds is 4. The number of hydrazine groups is 1. The molecule has 1 aromatic carbocycles. The van der Waals surface area contributed by atoms with E-state index in [9.17, 15) is 14.4 Å². The van der Waals surface area contributed by atoms with Crippen molar-refractivity contribution < 1.29 is 19.1 Å². The van der Waals surface area contributed by atoms with E-state index in [1.807, 2.05) is 13.8 Å². The molecule has 1 rings (SSSR count). The SMILES string of the molecule is COc1ccc(C(=O)NNC(=O)C(=O)NCC(C)C)cc1. The van der Waals surface area contributed by atoms with Crippen molar-refractivity contribution in [3.8, 4) is 5.75 Å². The normalized spacial score (nSPS) is 9.90. The molecular formula is C14H19N3O4. The van der Waals surface area contributed by atoms with Gasteiger partial charge in [-0.3, -0.25) is 25.2 Å². The van der Waals surface area contributed by atoms with Gasteiger partial charge in [-0.15, -0.1) is 0 Å². The molecule has 1 aromatic rings. The van der Waals surface area contributed by atoms with Crippen LogP contribution in [0.4, 0.5) is 0 Å². The van der Waals surface area contributed by atoms with Gasteiger partial charge in [0.05, 0.1) is 7.11 Å². The van der Waals surface area contributed by atoms with Crippen molar-refractivity contribution in [1.29, 1.82) is 0 Å². The highest BCUT2D eigenvalue weighted by Crippen LogP contribution is 2.10. The Labute approximate surface area is 123 Å². The van der Waals surface area contributed by atoms with Gasteiger partial charge in [0.1, 0.15) is 5.75 Å². The van der Waals surface area contributed by atoms with Crippen molar-refractivity contribution >= 4 is 17.7 Å². The van der Waals surface area contributed by atoms with Gasteiger partial charge in [0.2, 0.25) is 0 Å². The summed E-state index contributed by atoms with van der Waals surface area (Å²) in [5, 5.41) is 2.44. The minimum absolute atomic E-state index is 0.232. The van der Waals surface area contributed by atoms with Gasteiger partial charge < -0.3 is 10.1 Å². The molecule has 3 N–H and O–H groups in total. The quantitative estimate of drug-likeness (QED) is 0.547. The molecule has 0 aliphatic heterocycles. The molecule has 114 valence electrons. The van der Waals surface area contributed by atoms with Crippen LogP contribution < -0.4 is 20.9 Å². The standard InChI is InChI=1S/C14H19N3O4/c1-9(2)8-15-13(19)14(20)17-16-12(18)10-4-6-11(21-3)7-5-10/h4-7,9H,8H2,1-3H3,(H,15,19)(H,16,18)(H,17,20). The average molecular weight is 293 g/mol. The van der Waals surface area contributed by atoms with Crippen molar-refractivity contribution in [3.63, 3.8) is 0 Å². The van der Waals surface area contributed by atoms with Crippen molar-refractivity contribution in [2.24, 2.45) is 5.92 Å². The lowest BCUT2D eigenvalue weighted by molar-refractivity contribution is -0.139. The molecule has 0 radical (unpaired) electrons. The summed E-state index contributed by atoms with van der Waals surface area (Å²) < 4.78 is 4.97. The van der Waals surface area contributed by atoms with E-state index >= 15 is 0 Å². The van der Waals surface area contributed by atoms with Crippen LogP contribution in [0.2, 0.25) is 0 Å². The number of hydrogen-bond acceptors (Lipinski definition) is 4. The zero-order valence-electron chi connectivity index (χ0n) is 12.2. The third-order valence-electron chi connectivity index (χ3n) is 2.52. The molecule has 0 aliphatic carbocycles. The summed E-state index contributed by atoms with van der Waals surface area (Å²) in [7, 11) is 1.52. The second-order valence-corrected chi connectivity index (χ2v) is 4.74. The Bertz CT molecular complexity index is 511. The van der Waals surface area contributed by atoms with Crippen LogP contribution in [-0.4, -0.2) is 31.4 Å². The largest absolute Gasteiger partial charge is 0.497 e. The molecule has 0 unspecified atom stereocenters. The first-order valence-electron chi connectivity index (χ1n) is 6.46. The van der Waals surface area contributed by atoms with Crippen LogP contribution in [0.5, 0.6) is 5.75 Å². The Morgan fingerprint density at radius 1 is 1.05 bits per heavy atom. The molecule has 0 aliphatic rings. The van der Waals surface area contributed by atoms with Gasteiger partial charge in [-0.2, -0.15) is 0 Å². The number of amides is 3. The molecule has 0 bridgehead atoms. The zero-order chi connectivity index (χ0) is 15.8. The number of ether oxygens (including phenoxy) is 1. The first kappa shape index (κ1) is 16.5. The van der Waals surface area contributed by atoms with E-state index < -0.39 is 17.7 Å². The van der Waals surface area contributed by atoms with E-state index in [-0.39, 0.29) is 5.92 Å². The van der Waals surface area contributed by atoms with Crippen molar-refractivity contribution in [3.05, 3.63) is 29.8 Å². The third-order valence-corrected chi connectivity index (χ3v) is 2.52. The van der Waals surface area contributed by atoms with Crippen molar-refractivity contribution in [2.45, 2.75) is 13.8 Å². The van der Waals surface area contributed by atoms with Crippen molar-refractivity contribution in [1.82, 2.24) is 16.2 Å². The Hall–Kier alpha value is -2.57. The summed E-state index contributed by atoms with van der Waals surface area (Å²) in [6.07, 6.45) is 0. The van der Waals surface area contributed by atoms with Crippen LogP contribution in [-0.2, 0) is 9.59 Å². The molecule has 7 heteroatoms. The maximum atomic E-state index is 11.7. The fourth-order valence-electron chi connectivity index (χ4n) is 1.36. The summed E-state index contributed by atoms with van der Waals surface area (Å²) in [5.41, 5.74) is 4.55. The second kappa shape index (κ2) is 7.88. The van der Waals surface area contributed by atoms with Gasteiger partial charge in [0, 0.05) is 12.1 Å². The summed E-state index contributed by atoms with van der Waals surface area (Å²) >= 11 is 0. The minimum atomic E-state index is -0.919. The van der Waals surface area contributed by atoms with E-state index in [0.29, 0.717) is 17.9 Å². The minimum Gasteiger partial charge on any atom is -0.497 e. The Balaban J connectivity index is 2.44. The predicted molar refractivity (Wildman–Crippen MR) is 76.5 cm³/mol. The molecule has 21 heavy (non-hydrogen) atoms. The first-order valence-corrected chi connectivity index (χ1v) is 6.46. The molecule has 0 saturated carbocycles. The lowest BCUT2D eigenvalue weighted by atomic mass is 10.2. The second-order valence-electron chi connectivity index (χ2n) is 4.74. The van der Waals surface area contributed by atoms with E-state index in [4.69, 9.17) is 4.74 Å². The van der Waals surface area contributed by atoms with Crippen LogP contribution in [0.3, 0.4) is 0 Å². The number of methoxy groups -OCH3 is 1. The Morgan fingerprint density at radius 3 is 2.19 bits per heavy atom. The fourth-order valence-corrected chi connectivity index (χ4v) is 1.36. The highest BCUT2D eigenvalue weighted by atomic mass is 16.5. The predicted octanol–water partition coefficient (Wildman–Crippen LogP) is 0.228. The number of nitrogens with one attached hydrogen (secondary N) is 3. The number of benzene rings is 1. The summed E-state index contributed by atoms with van der Waals surface area (Å²) in [4.78, 5) is 34.6. The maximum Gasteiger partial charge on any atom is 0.327 e. The fraction of sp³-hybridized carbons (Fsp3) is 0.357. The topological polar surface area (TPSA) is 96.5 Å². The Kier molecular flexibility index (Phi) is 6.19. The Morgan fingerprint density at radius 2 is 1.67 bits per heavy atom. The van der Waals surface area contributed by atoms with Gasteiger partial charge in [-0.1, -0.05) is 13.8 Å². The zero-order valence-corrected chi connectivity index (χ0v) is 12.2. The molecule has 0 fully saturated rings. The van der Waals surface area contributed by atoms with Crippen molar-refractivity contribution in [2.75, 3.05) is 13.7 Å². The highest BCUT2D eigenvalue weighted by Gasteiger charge is 2.14. The summed E-state index contributed by atoms with van der Waals surface area (Å²) in [6, 6.07) is 6.32. The van der Waals surface area contributed by atoms with Gasteiger partial charge in [-0.25, -0.2) is 0 Å². The average Bonchev–Trinajstić information content (AvgIpc) is 2.49. The van der Waals surface area contributed by atoms with Crippen LogP contribution >= 0.6 is 0 Å². The van der Waals surface area contributed by atoms with E-state index in [2.05, 4.69) is 16.2 Å². The van der Waals surface area contributed by atoms with Gasteiger partial charge in [-0.05, 0) is 30.2 Å². The third kappa shape index (κ3) is 5.52. The monoisotopic (exact) mass is 293 g/mol. The molecule has 7 nitrogen and oxygen atoms in total. The molecule has 0 atom stereocenters. The molecule has 0 heterocycles. The molecule has 0 saturated heterocycles. The smallest absolute Gasteiger partial charge is 0.327 e. The van der Waals surface area contributed by atoms with E-state index in [1.165, 1.54) is 7.11 Å². The highest BCUT2D eigenvalue weighted by molar-refractivity contribution is 6.35. The maximum absolute atomic E-state index is 11.7. The van der Waals surface area contributed by atoms with Crippen LogP contribution in [0.25, 0.3) is 0 Å². The number of hydrogen-bond donors (Lipinski definition) is 3. The molecular weight excluding hydrogens is 274 g/mol. The summed E-state index contributed by atoms with van der Waals surface area (Å²) in [5.74, 6) is -1.39. The number of carbonyl (C=O) groups is 3. The first-order chi connectivity index (χ1) is 9.93. The van der Waals surface area contributed by atoms with E-state index in [1.54, 1.807) is 24.3 Å².